The molecule has 3 nitrogen and oxygen atoms in total. The van der Waals surface area contributed by atoms with Gasteiger partial charge in [0.1, 0.15) is 5.82 Å². The van der Waals surface area contributed by atoms with Crippen molar-refractivity contribution in [2.75, 3.05) is 6.54 Å². The number of aromatic nitrogens is 2. The monoisotopic (exact) mass is 267 g/mol. The zero-order valence-electron chi connectivity index (χ0n) is 10.2. The highest BCUT2D eigenvalue weighted by molar-refractivity contribution is 6.30. The van der Waals surface area contributed by atoms with Crippen molar-refractivity contribution in [3.8, 4) is 0 Å². The van der Waals surface area contributed by atoms with E-state index in [4.69, 9.17) is 11.6 Å². The first-order valence-electron chi connectivity index (χ1n) is 5.86. The van der Waals surface area contributed by atoms with E-state index >= 15 is 0 Å². The van der Waals surface area contributed by atoms with E-state index in [-0.39, 0.29) is 5.82 Å². The van der Waals surface area contributed by atoms with Crippen LogP contribution in [0.5, 0.6) is 0 Å². The van der Waals surface area contributed by atoms with Gasteiger partial charge in [0.15, 0.2) is 0 Å². The molecule has 1 aromatic carbocycles. The molecule has 1 N–H and O–H groups in total. The van der Waals surface area contributed by atoms with Crippen LogP contribution in [0.2, 0.25) is 5.02 Å². The Balaban J connectivity index is 2.15. The van der Waals surface area contributed by atoms with Crippen molar-refractivity contribution in [2.24, 2.45) is 0 Å². The first-order valence-corrected chi connectivity index (χ1v) is 6.24. The highest BCUT2D eigenvalue weighted by Gasteiger charge is 2.07. The molecule has 18 heavy (non-hydrogen) atoms. The minimum atomic E-state index is -0.299. The minimum Gasteiger partial charge on any atom is -0.311 e. The Kier molecular flexibility index (Phi) is 4.33. The summed E-state index contributed by atoms with van der Waals surface area (Å²) >= 11 is 5.73. The Morgan fingerprint density at radius 1 is 1.39 bits per heavy atom. The Bertz CT molecular complexity index is 525. The Morgan fingerprint density at radius 2 is 2.22 bits per heavy atom. The second kappa shape index (κ2) is 5.98. The van der Waals surface area contributed by atoms with Gasteiger partial charge in [0, 0.05) is 23.3 Å². The molecule has 0 saturated carbocycles. The number of nitrogens with zero attached hydrogens (tertiary/aromatic N) is 2. The van der Waals surface area contributed by atoms with E-state index in [1.807, 2.05) is 13.0 Å². The van der Waals surface area contributed by atoms with Gasteiger partial charge in [-0.3, -0.25) is 4.68 Å². The SMILES string of the molecule is CCNCc1ccnn1Cc1ccc(Cl)cc1F. The summed E-state index contributed by atoms with van der Waals surface area (Å²) in [6.07, 6.45) is 1.72. The van der Waals surface area contributed by atoms with Crippen molar-refractivity contribution in [1.29, 1.82) is 0 Å². The van der Waals surface area contributed by atoms with Crippen LogP contribution in [0.15, 0.2) is 30.5 Å². The molecule has 0 spiro atoms. The third kappa shape index (κ3) is 3.09. The Hall–Kier alpha value is -1.39. The Morgan fingerprint density at radius 3 is 2.94 bits per heavy atom. The van der Waals surface area contributed by atoms with Crippen LogP contribution in [-0.4, -0.2) is 16.3 Å². The molecule has 2 rings (SSSR count). The van der Waals surface area contributed by atoms with Crippen LogP contribution in [0.4, 0.5) is 4.39 Å². The highest BCUT2D eigenvalue weighted by Crippen LogP contribution is 2.16. The lowest BCUT2D eigenvalue weighted by atomic mass is 10.2. The summed E-state index contributed by atoms with van der Waals surface area (Å²) in [7, 11) is 0. The lowest BCUT2D eigenvalue weighted by Crippen LogP contribution is -2.16. The average molecular weight is 268 g/mol. The fraction of sp³-hybridized carbons (Fsp3) is 0.308. The van der Waals surface area contributed by atoms with Gasteiger partial charge in [0.2, 0.25) is 0 Å². The Labute approximate surface area is 111 Å². The predicted molar refractivity (Wildman–Crippen MR) is 70.1 cm³/mol. The van der Waals surface area contributed by atoms with Gasteiger partial charge in [-0.2, -0.15) is 5.10 Å². The zero-order chi connectivity index (χ0) is 13.0. The molecule has 0 fully saturated rings. The summed E-state index contributed by atoms with van der Waals surface area (Å²) in [5.74, 6) is -0.299. The molecule has 0 aliphatic heterocycles. The van der Waals surface area contributed by atoms with Gasteiger partial charge >= 0.3 is 0 Å². The second-order valence-electron chi connectivity index (χ2n) is 4.00. The first kappa shape index (κ1) is 13.1. The van der Waals surface area contributed by atoms with E-state index in [1.54, 1.807) is 23.0 Å². The molecular formula is C13H15ClFN3. The smallest absolute Gasteiger partial charge is 0.129 e. The predicted octanol–water partition coefficient (Wildman–Crippen LogP) is 2.83. The molecular weight excluding hydrogens is 253 g/mol. The summed E-state index contributed by atoms with van der Waals surface area (Å²) in [6, 6.07) is 6.63. The van der Waals surface area contributed by atoms with Gasteiger partial charge in [-0.15, -0.1) is 0 Å². The fourth-order valence-corrected chi connectivity index (χ4v) is 1.88. The van der Waals surface area contributed by atoms with E-state index in [9.17, 15) is 4.39 Å². The average Bonchev–Trinajstić information content (AvgIpc) is 2.77. The number of hydrogen-bond acceptors (Lipinski definition) is 2. The van der Waals surface area contributed by atoms with Gasteiger partial charge in [0.25, 0.3) is 0 Å². The molecule has 0 atom stereocenters. The molecule has 0 saturated heterocycles. The first-order chi connectivity index (χ1) is 8.70. The summed E-state index contributed by atoms with van der Waals surface area (Å²) in [5.41, 5.74) is 1.62. The maximum atomic E-state index is 13.7. The maximum absolute atomic E-state index is 13.7. The zero-order valence-corrected chi connectivity index (χ0v) is 10.9. The van der Waals surface area contributed by atoms with E-state index in [2.05, 4.69) is 10.4 Å². The van der Waals surface area contributed by atoms with Crippen LogP contribution >= 0.6 is 11.6 Å². The second-order valence-corrected chi connectivity index (χ2v) is 4.43. The number of rotatable bonds is 5. The van der Waals surface area contributed by atoms with Gasteiger partial charge in [-0.25, -0.2) is 4.39 Å². The molecule has 96 valence electrons. The summed E-state index contributed by atoms with van der Waals surface area (Å²) in [4.78, 5) is 0. The molecule has 0 unspecified atom stereocenters. The van der Waals surface area contributed by atoms with Gasteiger partial charge in [-0.05, 0) is 24.7 Å². The van der Waals surface area contributed by atoms with Crippen LogP contribution in [0.1, 0.15) is 18.2 Å². The van der Waals surface area contributed by atoms with E-state index in [1.165, 1.54) is 6.07 Å². The minimum absolute atomic E-state index is 0.299. The van der Waals surface area contributed by atoms with E-state index in [0.29, 0.717) is 17.1 Å². The third-order valence-corrected chi connectivity index (χ3v) is 2.93. The normalized spacial score (nSPS) is 10.8. The van der Waals surface area contributed by atoms with Crippen molar-refractivity contribution >= 4 is 11.6 Å². The number of nitrogens with one attached hydrogen (secondary N) is 1. The molecule has 0 aliphatic rings. The molecule has 1 heterocycles. The number of benzene rings is 1. The molecule has 2 aromatic rings. The third-order valence-electron chi connectivity index (χ3n) is 2.70. The molecule has 0 aliphatic carbocycles. The van der Waals surface area contributed by atoms with Crippen molar-refractivity contribution < 1.29 is 4.39 Å². The largest absolute Gasteiger partial charge is 0.311 e. The van der Waals surface area contributed by atoms with Crippen LogP contribution in [0.25, 0.3) is 0 Å². The van der Waals surface area contributed by atoms with E-state index in [0.717, 1.165) is 18.8 Å². The topological polar surface area (TPSA) is 29.9 Å². The van der Waals surface area contributed by atoms with Crippen LogP contribution < -0.4 is 5.32 Å². The molecule has 0 amide bonds. The van der Waals surface area contributed by atoms with Gasteiger partial charge in [0.05, 0.1) is 12.2 Å². The lowest BCUT2D eigenvalue weighted by molar-refractivity contribution is 0.564. The molecule has 5 heteroatoms. The van der Waals surface area contributed by atoms with E-state index < -0.39 is 0 Å². The van der Waals surface area contributed by atoms with Crippen LogP contribution in [0, 0.1) is 5.82 Å². The lowest BCUT2D eigenvalue weighted by Gasteiger charge is -2.09. The number of hydrogen-bond donors (Lipinski definition) is 1. The van der Waals surface area contributed by atoms with Gasteiger partial charge < -0.3 is 5.32 Å². The molecule has 0 bridgehead atoms. The maximum Gasteiger partial charge on any atom is 0.129 e. The summed E-state index contributed by atoms with van der Waals surface area (Å²) in [5, 5.41) is 7.84. The van der Waals surface area contributed by atoms with Crippen LogP contribution in [0.3, 0.4) is 0 Å². The quantitative estimate of drug-likeness (QED) is 0.903. The highest BCUT2D eigenvalue weighted by atomic mass is 35.5. The van der Waals surface area contributed by atoms with Crippen LogP contribution in [-0.2, 0) is 13.1 Å². The fourth-order valence-electron chi connectivity index (χ4n) is 1.72. The van der Waals surface area contributed by atoms with Crippen molar-refractivity contribution in [1.82, 2.24) is 15.1 Å². The summed E-state index contributed by atoms with van der Waals surface area (Å²) in [6.45, 7) is 4.07. The standard InChI is InChI=1S/C13H15ClFN3/c1-2-16-8-12-5-6-17-18(12)9-10-3-4-11(14)7-13(10)15/h3-7,16H,2,8-9H2,1H3. The van der Waals surface area contributed by atoms with Crippen molar-refractivity contribution in [3.05, 3.63) is 52.6 Å². The summed E-state index contributed by atoms with van der Waals surface area (Å²) < 4.78 is 15.5. The van der Waals surface area contributed by atoms with Crippen molar-refractivity contribution in [3.63, 3.8) is 0 Å². The van der Waals surface area contributed by atoms with Gasteiger partial charge in [-0.1, -0.05) is 24.6 Å². The molecule has 1 aromatic heterocycles. The number of halogens is 2. The molecule has 0 radical (unpaired) electrons. The van der Waals surface area contributed by atoms with Crippen molar-refractivity contribution in [2.45, 2.75) is 20.0 Å².